The van der Waals surface area contributed by atoms with Crippen LogP contribution in [0.5, 0.6) is 0 Å². The smallest absolute Gasteiger partial charge is 0.271 e. The van der Waals surface area contributed by atoms with Crippen LogP contribution < -0.4 is 5.32 Å². The SMILES string of the molecule is CC(CNC(=O)c1nc(Cl)ccc1Cl)C(C)(C)C. The number of carbonyl (C=O) groups excluding carboxylic acids is 1. The lowest BCUT2D eigenvalue weighted by Crippen LogP contribution is -2.34. The Balaban J connectivity index is 2.69. The number of halogens is 2. The van der Waals surface area contributed by atoms with Crippen LogP contribution in [-0.2, 0) is 0 Å². The van der Waals surface area contributed by atoms with Crippen molar-refractivity contribution >= 4 is 29.1 Å². The molecule has 0 fully saturated rings. The normalized spacial score (nSPS) is 13.2. The topological polar surface area (TPSA) is 42.0 Å². The van der Waals surface area contributed by atoms with Gasteiger partial charge in [-0.25, -0.2) is 4.98 Å². The molecular weight excluding hydrogens is 271 g/mol. The molecule has 0 aliphatic carbocycles. The lowest BCUT2D eigenvalue weighted by atomic mass is 9.82. The number of rotatable bonds is 3. The Bertz CT molecular complexity index is 441. The highest BCUT2D eigenvalue weighted by molar-refractivity contribution is 6.34. The third-order valence-corrected chi connectivity index (χ3v) is 3.59. The van der Waals surface area contributed by atoms with Crippen molar-refractivity contribution < 1.29 is 4.79 Å². The summed E-state index contributed by atoms with van der Waals surface area (Å²) in [5, 5.41) is 3.39. The van der Waals surface area contributed by atoms with Crippen molar-refractivity contribution in [3.8, 4) is 0 Å². The second-order valence-corrected chi connectivity index (χ2v) is 6.24. The molecular formula is C13H18Cl2N2O. The standard InChI is InChI=1S/C13H18Cl2N2O/c1-8(13(2,3)4)7-16-12(18)11-9(14)5-6-10(15)17-11/h5-6,8H,7H2,1-4H3,(H,16,18). The van der Waals surface area contributed by atoms with Crippen LogP contribution in [0.15, 0.2) is 12.1 Å². The molecule has 0 saturated heterocycles. The van der Waals surface area contributed by atoms with Gasteiger partial charge in [0.15, 0.2) is 0 Å². The van der Waals surface area contributed by atoms with Gasteiger partial charge in [0.25, 0.3) is 5.91 Å². The Kier molecular flexibility index (Phi) is 5.00. The van der Waals surface area contributed by atoms with Gasteiger partial charge in [0.1, 0.15) is 10.8 Å². The Morgan fingerprint density at radius 2 is 2.00 bits per heavy atom. The molecule has 1 amide bonds. The fourth-order valence-electron chi connectivity index (χ4n) is 1.21. The zero-order valence-electron chi connectivity index (χ0n) is 11.1. The van der Waals surface area contributed by atoms with E-state index in [-0.39, 0.29) is 22.2 Å². The first kappa shape index (κ1) is 15.3. The lowest BCUT2D eigenvalue weighted by molar-refractivity contribution is 0.0932. The van der Waals surface area contributed by atoms with Crippen molar-refractivity contribution in [2.45, 2.75) is 27.7 Å². The van der Waals surface area contributed by atoms with Crippen molar-refractivity contribution in [2.24, 2.45) is 11.3 Å². The first-order chi connectivity index (χ1) is 8.21. The Labute approximate surface area is 118 Å². The fourth-order valence-corrected chi connectivity index (χ4v) is 1.55. The van der Waals surface area contributed by atoms with Gasteiger partial charge in [-0.15, -0.1) is 0 Å². The van der Waals surface area contributed by atoms with Crippen molar-refractivity contribution in [3.05, 3.63) is 28.0 Å². The molecule has 1 N–H and O–H groups in total. The number of carbonyl (C=O) groups is 1. The van der Waals surface area contributed by atoms with Crippen molar-refractivity contribution in [2.75, 3.05) is 6.54 Å². The van der Waals surface area contributed by atoms with Crippen LogP contribution >= 0.6 is 23.2 Å². The monoisotopic (exact) mass is 288 g/mol. The third kappa shape index (κ3) is 4.14. The van der Waals surface area contributed by atoms with Crippen molar-refractivity contribution in [3.63, 3.8) is 0 Å². The lowest BCUT2D eigenvalue weighted by Gasteiger charge is -2.27. The summed E-state index contributed by atoms with van der Waals surface area (Å²) in [5.41, 5.74) is 0.309. The van der Waals surface area contributed by atoms with Crippen LogP contribution in [0.1, 0.15) is 38.2 Å². The molecule has 1 unspecified atom stereocenters. The highest BCUT2D eigenvalue weighted by atomic mass is 35.5. The van der Waals surface area contributed by atoms with Crippen LogP contribution in [0.2, 0.25) is 10.2 Å². The molecule has 1 atom stereocenters. The molecule has 1 heterocycles. The molecule has 5 heteroatoms. The zero-order valence-corrected chi connectivity index (χ0v) is 12.6. The van der Waals surface area contributed by atoms with Crippen molar-refractivity contribution in [1.29, 1.82) is 0 Å². The molecule has 0 aliphatic heterocycles. The van der Waals surface area contributed by atoms with E-state index < -0.39 is 0 Å². The van der Waals surface area contributed by atoms with Gasteiger partial charge in [0, 0.05) is 6.54 Å². The van der Waals surface area contributed by atoms with Crippen LogP contribution in [0.25, 0.3) is 0 Å². The van der Waals surface area contributed by atoms with Gasteiger partial charge >= 0.3 is 0 Å². The highest BCUT2D eigenvalue weighted by Gasteiger charge is 2.21. The number of pyridine rings is 1. The summed E-state index contributed by atoms with van der Waals surface area (Å²) in [6, 6.07) is 3.12. The Morgan fingerprint density at radius 3 is 2.56 bits per heavy atom. The van der Waals surface area contributed by atoms with E-state index in [0.29, 0.717) is 17.5 Å². The van der Waals surface area contributed by atoms with Crippen LogP contribution in [0, 0.1) is 11.3 Å². The van der Waals surface area contributed by atoms with E-state index in [1.54, 1.807) is 12.1 Å². The Morgan fingerprint density at radius 1 is 1.39 bits per heavy atom. The second kappa shape index (κ2) is 5.89. The predicted octanol–water partition coefficient (Wildman–Crippen LogP) is 3.80. The maximum absolute atomic E-state index is 11.9. The highest BCUT2D eigenvalue weighted by Crippen LogP contribution is 2.24. The van der Waals surface area contributed by atoms with E-state index in [1.165, 1.54) is 0 Å². The predicted molar refractivity (Wildman–Crippen MR) is 75.2 cm³/mol. The average Bonchev–Trinajstić information content (AvgIpc) is 2.27. The zero-order chi connectivity index (χ0) is 13.9. The maximum Gasteiger partial charge on any atom is 0.271 e. The Hall–Kier alpha value is -0.800. The van der Waals surface area contributed by atoms with Gasteiger partial charge in [-0.2, -0.15) is 0 Å². The van der Waals surface area contributed by atoms with E-state index in [4.69, 9.17) is 23.2 Å². The number of nitrogens with zero attached hydrogens (tertiary/aromatic N) is 1. The number of hydrogen-bond acceptors (Lipinski definition) is 2. The molecule has 0 radical (unpaired) electrons. The molecule has 1 aromatic heterocycles. The summed E-state index contributed by atoms with van der Waals surface area (Å²) in [6.07, 6.45) is 0. The molecule has 0 bridgehead atoms. The van der Waals surface area contributed by atoms with Gasteiger partial charge in [-0.1, -0.05) is 50.9 Å². The maximum atomic E-state index is 11.9. The molecule has 3 nitrogen and oxygen atoms in total. The summed E-state index contributed by atoms with van der Waals surface area (Å²) < 4.78 is 0. The van der Waals surface area contributed by atoms with Gasteiger partial charge in [-0.05, 0) is 23.5 Å². The first-order valence-corrected chi connectivity index (χ1v) is 6.57. The first-order valence-electron chi connectivity index (χ1n) is 5.82. The van der Waals surface area contributed by atoms with E-state index >= 15 is 0 Å². The summed E-state index contributed by atoms with van der Waals surface area (Å²) in [5.74, 6) is 0.0537. The largest absolute Gasteiger partial charge is 0.350 e. The van der Waals surface area contributed by atoms with E-state index in [2.05, 4.69) is 38.0 Å². The average molecular weight is 289 g/mol. The summed E-state index contributed by atoms with van der Waals surface area (Å²) in [4.78, 5) is 15.9. The number of amides is 1. The number of hydrogen-bond donors (Lipinski definition) is 1. The summed E-state index contributed by atoms with van der Waals surface area (Å²) in [6.45, 7) is 9.07. The molecule has 100 valence electrons. The fraction of sp³-hybridized carbons (Fsp3) is 0.538. The number of aromatic nitrogens is 1. The molecule has 0 saturated carbocycles. The van der Waals surface area contributed by atoms with E-state index in [9.17, 15) is 4.79 Å². The molecule has 0 spiro atoms. The van der Waals surface area contributed by atoms with Crippen LogP contribution in [0.4, 0.5) is 0 Å². The molecule has 1 aromatic rings. The van der Waals surface area contributed by atoms with E-state index in [1.807, 2.05) is 0 Å². The van der Waals surface area contributed by atoms with E-state index in [0.717, 1.165) is 0 Å². The second-order valence-electron chi connectivity index (χ2n) is 5.44. The van der Waals surface area contributed by atoms with Crippen molar-refractivity contribution in [1.82, 2.24) is 10.3 Å². The van der Waals surface area contributed by atoms with Crippen LogP contribution in [-0.4, -0.2) is 17.4 Å². The van der Waals surface area contributed by atoms with Gasteiger partial charge in [-0.3, -0.25) is 4.79 Å². The minimum atomic E-state index is -0.293. The minimum absolute atomic E-state index is 0.138. The molecule has 1 rings (SSSR count). The molecule has 0 aliphatic rings. The molecule has 0 aromatic carbocycles. The molecule has 18 heavy (non-hydrogen) atoms. The van der Waals surface area contributed by atoms with Crippen LogP contribution in [0.3, 0.4) is 0 Å². The minimum Gasteiger partial charge on any atom is -0.350 e. The summed E-state index contributed by atoms with van der Waals surface area (Å²) >= 11 is 11.7. The quantitative estimate of drug-likeness (QED) is 0.860. The third-order valence-electron chi connectivity index (χ3n) is 3.07. The van der Waals surface area contributed by atoms with Gasteiger partial charge in [0.2, 0.25) is 0 Å². The van der Waals surface area contributed by atoms with Gasteiger partial charge < -0.3 is 5.32 Å². The van der Waals surface area contributed by atoms with Gasteiger partial charge in [0.05, 0.1) is 5.02 Å². The number of nitrogens with one attached hydrogen (secondary N) is 1. The summed E-state index contributed by atoms with van der Waals surface area (Å²) in [7, 11) is 0.